The van der Waals surface area contributed by atoms with E-state index >= 15 is 0 Å². The van der Waals surface area contributed by atoms with Gasteiger partial charge in [0.1, 0.15) is 11.2 Å². The highest BCUT2D eigenvalue weighted by molar-refractivity contribution is 7.93. The third kappa shape index (κ3) is 10.1. The van der Waals surface area contributed by atoms with Crippen molar-refractivity contribution in [3.05, 3.63) is 0 Å². The smallest absolute Gasteiger partial charge is 0.407 e. The van der Waals surface area contributed by atoms with Crippen LogP contribution in [0.1, 0.15) is 47.0 Å². The Morgan fingerprint density at radius 2 is 1.14 bits per heavy atom. The summed E-state index contributed by atoms with van der Waals surface area (Å²) in [4.78, 5) is 22.5. The van der Waals surface area contributed by atoms with E-state index in [9.17, 15) is 26.4 Å². The van der Waals surface area contributed by atoms with Gasteiger partial charge in [-0.05, 0) is 41.5 Å². The van der Waals surface area contributed by atoms with Gasteiger partial charge in [-0.2, -0.15) is 0 Å². The van der Waals surface area contributed by atoms with Crippen LogP contribution in [0.2, 0.25) is 0 Å². The van der Waals surface area contributed by atoms with Gasteiger partial charge in [-0.3, -0.25) is 0 Å². The summed E-state index contributed by atoms with van der Waals surface area (Å²) in [5.41, 5.74) is -7.07. The number of amides is 2. The minimum absolute atomic E-state index is 0.0201. The van der Waals surface area contributed by atoms with E-state index < -0.39 is 60.5 Å². The average Bonchev–Trinajstić information content (AvgIpc) is 2.46. The van der Waals surface area contributed by atoms with Crippen LogP contribution in [0.5, 0.6) is 0 Å². The van der Waals surface area contributed by atoms with Crippen LogP contribution in [-0.4, -0.2) is 75.2 Å². The molecule has 0 saturated carbocycles. The van der Waals surface area contributed by atoms with Crippen molar-refractivity contribution in [3.63, 3.8) is 0 Å². The predicted octanol–water partition coefficient (Wildman–Crippen LogP) is 0.616. The maximum absolute atomic E-state index is 11.4. The minimum Gasteiger partial charge on any atom is -0.444 e. The molecule has 0 aliphatic carbocycles. The van der Waals surface area contributed by atoms with E-state index in [1.807, 2.05) is 5.32 Å². The summed E-state index contributed by atoms with van der Waals surface area (Å²) in [6.45, 7) is 9.99. The Balaban J connectivity index is 0.000000330. The second kappa shape index (κ2) is 8.44. The van der Waals surface area contributed by atoms with Gasteiger partial charge < -0.3 is 20.1 Å². The molecular weight excluding hydrogens is 412 g/mol. The van der Waals surface area contributed by atoms with Crippen LogP contribution in [0, 0.1) is 0 Å². The van der Waals surface area contributed by atoms with Gasteiger partial charge in [0.2, 0.25) is 0 Å². The third-order valence-electron chi connectivity index (χ3n) is 2.84. The van der Waals surface area contributed by atoms with Crippen LogP contribution in [0.3, 0.4) is 0 Å². The van der Waals surface area contributed by atoms with Crippen LogP contribution >= 0.6 is 0 Å². The van der Waals surface area contributed by atoms with Crippen molar-refractivity contribution in [1.82, 2.24) is 10.6 Å². The number of hydrogen-bond acceptors (Lipinski definition) is 8. The average molecular weight is 447 g/mol. The van der Waals surface area contributed by atoms with Gasteiger partial charge in [-0.1, -0.05) is 0 Å². The first-order valence-corrected chi connectivity index (χ1v) is 11.7. The van der Waals surface area contributed by atoms with Crippen LogP contribution < -0.4 is 10.6 Å². The number of nitrogens with one attached hydrogen (secondary N) is 2. The molecule has 2 rings (SSSR count). The monoisotopic (exact) mass is 446 g/mol. The molecule has 2 aliphatic heterocycles. The molecule has 2 fully saturated rings. The van der Waals surface area contributed by atoms with Crippen LogP contribution in [0.25, 0.3) is 0 Å². The highest BCUT2D eigenvalue weighted by Gasteiger charge is 2.36. The zero-order valence-electron chi connectivity index (χ0n) is 20.7. The van der Waals surface area contributed by atoms with Crippen molar-refractivity contribution >= 4 is 31.9 Å². The summed E-state index contributed by atoms with van der Waals surface area (Å²) in [6.07, 6.45) is -1.62. The van der Waals surface area contributed by atoms with Crippen LogP contribution in [0.4, 0.5) is 9.59 Å². The Bertz CT molecular complexity index is 920. The topological polar surface area (TPSA) is 145 Å². The fourth-order valence-electron chi connectivity index (χ4n) is 1.92. The van der Waals surface area contributed by atoms with Gasteiger partial charge in [-0.15, -0.1) is 0 Å². The first-order chi connectivity index (χ1) is 13.9. The van der Waals surface area contributed by atoms with E-state index in [1.165, 1.54) is 0 Å². The first kappa shape index (κ1) is 18.5. The Labute approximate surface area is 172 Å². The van der Waals surface area contributed by atoms with E-state index in [1.54, 1.807) is 41.5 Å². The lowest BCUT2D eigenvalue weighted by Crippen LogP contribution is -2.53. The maximum atomic E-state index is 11.4. The molecule has 0 aromatic rings. The van der Waals surface area contributed by atoms with Crippen LogP contribution in [-0.2, 0) is 29.1 Å². The van der Waals surface area contributed by atoms with Gasteiger partial charge in [0, 0.05) is 5.48 Å². The molecule has 2 heterocycles. The summed E-state index contributed by atoms with van der Waals surface area (Å²) in [7, 11) is -7.47. The van der Waals surface area contributed by atoms with Gasteiger partial charge in [0.05, 0.1) is 35.0 Å². The molecule has 10 nitrogen and oxygen atoms in total. The number of sulfone groups is 2. The molecule has 0 spiro atoms. The molecule has 2 N–H and O–H groups in total. The lowest BCUT2D eigenvalue weighted by molar-refractivity contribution is 0.0498. The molecule has 28 heavy (non-hydrogen) atoms. The molecule has 2 aliphatic rings. The summed E-state index contributed by atoms with van der Waals surface area (Å²) < 4.78 is 83.1. The fourth-order valence-corrected chi connectivity index (χ4v) is 3.95. The Morgan fingerprint density at radius 3 is 1.46 bits per heavy atom. The lowest BCUT2D eigenvalue weighted by Gasteiger charge is -2.28. The SMILES string of the molecule is CC(C)(C)OC(=O)NC1CS(=O)(=O)C1.[2H]C1([2H])C(NC(=O)OC(C)(C)C)C([2H])([2H])S1(=O)=O. The molecule has 2 saturated heterocycles. The molecule has 0 unspecified atom stereocenters. The molecule has 0 aromatic carbocycles. The maximum Gasteiger partial charge on any atom is 0.407 e. The Morgan fingerprint density at radius 1 is 0.786 bits per heavy atom. The number of ether oxygens (including phenoxy) is 2. The summed E-state index contributed by atoms with van der Waals surface area (Å²) >= 11 is 0. The summed E-state index contributed by atoms with van der Waals surface area (Å²) in [5.74, 6) is 0.0402. The summed E-state index contributed by atoms with van der Waals surface area (Å²) in [6, 6.07) is -2.07. The fraction of sp³-hybridized carbons (Fsp3) is 0.875. The lowest BCUT2D eigenvalue weighted by atomic mass is 10.2. The molecule has 0 atom stereocenters. The zero-order chi connectivity index (χ0) is 25.6. The molecule has 2 amide bonds. The highest BCUT2D eigenvalue weighted by Crippen LogP contribution is 2.13. The standard InChI is InChI=1S/2C8H15NO4S/c2*1-8(2,3)13-7(10)9-6-4-14(11,12)5-6/h2*6H,4-5H2,1-3H3,(H,9,10)/i4D2,5D2;. The van der Waals surface area contributed by atoms with Gasteiger partial charge in [-0.25, -0.2) is 26.4 Å². The minimum atomic E-state index is -4.58. The molecule has 0 bridgehead atoms. The number of carbonyl (C=O) groups excluding carboxylic acids is 2. The number of alkyl carbamates (subject to hydrolysis) is 2. The van der Waals surface area contributed by atoms with Crippen molar-refractivity contribution in [2.45, 2.75) is 64.8 Å². The van der Waals surface area contributed by atoms with Gasteiger partial charge in [0.25, 0.3) is 0 Å². The summed E-state index contributed by atoms with van der Waals surface area (Å²) in [5, 5.41) is 4.41. The van der Waals surface area contributed by atoms with Gasteiger partial charge in [0.15, 0.2) is 19.7 Å². The molecule has 164 valence electrons. The predicted molar refractivity (Wildman–Crippen MR) is 104 cm³/mol. The molecular formula is C16H30N2O8S2. The second-order valence-electron chi connectivity index (χ2n) is 8.24. The van der Waals surface area contributed by atoms with Crippen LogP contribution in [0.15, 0.2) is 0 Å². The molecule has 12 heteroatoms. The first-order valence-electron chi connectivity index (χ1n) is 10.3. The van der Waals surface area contributed by atoms with E-state index in [2.05, 4.69) is 5.32 Å². The van der Waals surface area contributed by atoms with E-state index in [0.717, 1.165) is 0 Å². The third-order valence-corrected chi connectivity index (χ3v) is 5.75. The second-order valence-corrected chi connectivity index (χ2v) is 11.9. The quantitative estimate of drug-likeness (QED) is 0.628. The van der Waals surface area contributed by atoms with Crippen molar-refractivity contribution in [3.8, 4) is 0 Å². The van der Waals surface area contributed by atoms with Crippen molar-refractivity contribution in [2.24, 2.45) is 0 Å². The highest BCUT2D eigenvalue weighted by atomic mass is 32.2. The van der Waals surface area contributed by atoms with Crippen molar-refractivity contribution < 1.29 is 41.4 Å². The Kier molecular flexibility index (Phi) is 5.56. The van der Waals surface area contributed by atoms with E-state index in [-0.39, 0.29) is 17.5 Å². The number of carbonyl (C=O) groups is 2. The zero-order valence-corrected chi connectivity index (χ0v) is 18.3. The number of hydrogen-bond donors (Lipinski definition) is 2. The largest absolute Gasteiger partial charge is 0.444 e. The Hall–Kier alpha value is -1.56. The van der Waals surface area contributed by atoms with E-state index in [0.29, 0.717) is 0 Å². The van der Waals surface area contributed by atoms with E-state index in [4.69, 9.17) is 15.0 Å². The number of rotatable bonds is 2. The normalized spacial score (nSPS) is 26.8. The molecule has 0 radical (unpaired) electrons. The van der Waals surface area contributed by atoms with Gasteiger partial charge >= 0.3 is 12.2 Å². The van der Waals surface area contributed by atoms with Crippen molar-refractivity contribution in [2.75, 3.05) is 22.9 Å². The van der Waals surface area contributed by atoms with Crippen molar-refractivity contribution in [1.29, 1.82) is 0 Å². The molecule has 0 aromatic heterocycles.